The molecular formula is C11H14F3NO2. The van der Waals surface area contributed by atoms with Crippen molar-refractivity contribution in [3.63, 3.8) is 0 Å². The number of hydrogen-bond acceptors (Lipinski definition) is 3. The van der Waals surface area contributed by atoms with Gasteiger partial charge >= 0.3 is 6.18 Å². The van der Waals surface area contributed by atoms with Crippen LogP contribution >= 0.6 is 0 Å². The normalized spacial score (nSPS) is 12.6. The molecule has 1 aromatic carbocycles. The van der Waals surface area contributed by atoms with Crippen molar-refractivity contribution < 1.29 is 22.7 Å². The lowest BCUT2D eigenvalue weighted by molar-refractivity contribution is -0.141. The molecule has 2 N–H and O–H groups in total. The second-order valence-corrected chi connectivity index (χ2v) is 4.04. The first-order chi connectivity index (χ1) is 7.72. The molecule has 0 saturated carbocycles. The van der Waals surface area contributed by atoms with Crippen molar-refractivity contribution in [2.75, 3.05) is 7.11 Å². The van der Waals surface area contributed by atoms with E-state index in [1.54, 1.807) is 0 Å². The van der Waals surface area contributed by atoms with Gasteiger partial charge in [-0.25, -0.2) is 5.90 Å². The molecule has 96 valence electrons. The number of benzene rings is 1. The van der Waals surface area contributed by atoms with Gasteiger partial charge in [-0.3, -0.25) is 4.84 Å². The predicted octanol–water partition coefficient (Wildman–Crippen LogP) is 2.84. The van der Waals surface area contributed by atoms with Crippen LogP contribution in [-0.4, -0.2) is 7.11 Å². The molecule has 0 aliphatic heterocycles. The van der Waals surface area contributed by atoms with Gasteiger partial charge in [-0.15, -0.1) is 0 Å². The lowest BCUT2D eigenvalue weighted by Gasteiger charge is -2.26. The monoisotopic (exact) mass is 249 g/mol. The van der Waals surface area contributed by atoms with Crippen molar-refractivity contribution >= 4 is 0 Å². The van der Waals surface area contributed by atoms with Crippen LogP contribution in [0.1, 0.15) is 25.0 Å². The van der Waals surface area contributed by atoms with Gasteiger partial charge in [0.2, 0.25) is 0 Å². The van der Waals surface area contributed by atoms with Crippen LogP contribution in [0.25, 0.3) is 0 Å². The summed E-state index contributed by atoms with van der Waals surface area (Å²) in [4.78, 5) is 4.59. The van der Waals surface area contributed by atoms with Crippen molar-refractivity contribution in [2.24, 2.45) is 5.90 Å². The largest absolute Gasteiger partial charge is 0.497 e. The number of hydrogen-bond donors (Lipinski definition) is 1. The van der Waals surface area contributed by atoms with Crippen LogP contribution in [-0.2, 0) is 16.6 Å². The van der Waals surface area contributed by atoms with Crippen molar-refractivity contribution in [1.29, 1.82) is 0 Å². The first-order valence-electron chi connectivity index (χ1n) is 4.86. The SMILES string of the molecule is COc1ccc(C(C)(C)ON)c(C(F)(F)F)c1. The molecule has 0 radical (unpaired) electrons. The minimum atomic E-state index is -4.49. The molecule has 3 nitrogen and oxygen atoms in total. The number of methoxy groups -OCH3 is 1. The van der Waals surface area contributed by atoms with Gasteiger partial charge in [-0.05, 0) is 31.5 Å². The fraction of sp³-hybridized carbons (Fsp3) is 0.455. The van der Waals surface area contributed by atoms with Crippen molar-refractivity contribution in [3.05, 3.63) is 29.3 Å². The molecule has 0 unspecified atom stereocenters. The molecule has 0 spiro atoms. The molecule has 0 amide bonds. The summed E-state index contributed by atoms with van der Waals surface area (Å²) in [5.41, 5.74) is -2.07. The molecule has 0 fully saturated rings. The number of alkyl halides is 3. The molecule has 17 heavy (non-hydrogen) atoms. The van der Waals surface area contributed by atoms with E-state index in [9.17, 15) is 13.2 Å². The summed E-state index contributed by atoms with van der Waals surface area (Å²) < 4.78 is 43.4. The van der Waals surface area contributed by atoms with Gasteiger partial charge in [-0.1, -0.05) is 6.07 Å². The van der Waals surface area contributed by atoms with Gasteiger partial charge in [0.25, 0.3) is 0 Å². The molecule has 1 aromatic rings. The van der Waals surface area contributed by atoms with E-state index in [4.69, 9.17) is 10.6 Å². The zero-order valence-corrected chi connectivity index (χ0v) is 9.76. The Hall–Kier alpha value is -1.27. The fourth-order valence-electron chi connectivity index (χ4n) is 1.47. The van der Waals surface area contributed by atoms with E-state index < -0.39 is 17.3 Å². The van der Waals surface area contributed by atoms with E-state index in [1.165, 1.54) is 33.1 Å². The first-order valence-corrected chi connectivity index (χ1v) is 4.86. The summed E-state index contributed by atoms with van der Waals surface area (Å²) in [7, 11) is 1.31. The minimum absolute atomic E-state index is 0.0340. The predicted molar refractivity (Wildman–Crippen MR) is 56.3 cm³/mol. The number of ether oxygens (including phenoxy) is 1. The highest BCUT2D eigenvalue weighted by Crippen LogP contribution is 2.39. The molecule has 0 aliphatic rings. The van der Waals surface area contributed by atoms with Crippen molar-refractivity contribution in [1.82, 2.24) is 0 Å². The van der Waals surface area contributed by atoms with Gasteiger partial charge in [0.15, 0.2) is 0 Å². The summed E-state index contributed by atoms with van der Waals surface area (Å²) in [6.45, 7) is 2.92. The van der Waals surface area contributed by atoms with E-state index in [0.717, 1.165) is 6.07 Å². The van der Waals surface area contributed by atoms with Crippen LogP contribution < -0.4 is 10.6 Å². The van der Waals surface area contributed by atoms with Gasteiger partial charge in [0.1, 0.15) is 11.4 Å². The Labute approximate surface area is 97.3 Å². The first kappa shape index (κ1) is 13.8. The Kier molecular flexibility index (Phi) is 3.68. The van der Waals surface area contributed by atoms with Crippen LogP contribution in [0, 0.1) is 0 Å². The average molecular weight is 249 g/mol. The minimum Gasteiger partial charge on any atom is -0.497 e. The zero-order chi connectivity index (χ0) is 13.3. The Morgan fingerprint density at radius 3 is 2.12 bits per heavy atom. The second kappa shape index (κ2) is 4.54. The smallest absolute Gasteiger partial charge is 0.416 e. The van der Waals surface area contributed by atoms with Crippen molar-refractivity contribution in [3.8, 4) is 5.75 Å². The quantitative estimate of drug-likeness (QED) is 0.838. The van der Waals surface area contributed by atoms with Gasteiger partial charge in [0, 0.05) is 0 Å². The van der Waals surface area contributed by atoms with E-state index in [-0.39, 0.29) is 11.3 Å². The van der Waals surface area contributed by atoms with Gasteiger partial charge in [0.05, 0.1) is 12.7 Å². The number of halogens is 3. The molecule has 6 heteroatoms. The van der Waals surface area contributed by atoms with Crippen LogP contribution in [0.5, 0.6) is 5.75 Å². The topological polar surface area (TPSA) is 44.5 Å². The summed E-state index contributed by atoms with van der Waals surface area (Å²) >= 11 is 0. The van der Waals surface area contributed by atoms with Gasteiger partial charge in [-0.2, -0.15) is 13.2 Å². The molecule has 0 bridgehead atoms. The Bertz CT molecular complexity index is 402. The van der Waals surface area contributed by atoms with E-state index in [2.05, 4.69) is 4.84 Å². The Morgan fingerprint density at radius 1 is 1.12 bits per heavy atom. The fourth-order valence-corrected chi connectivity index (χ4v) is 1.47. The van der Waals surface area contributed by atoms with E-state index >= 15 is 0 Å². The van der Waals surface area contributed by atoms with Crippen LogP contribution in [0.2, 0.25) is 0 Å². The molecular weight excluding hydrogens is 235 g/mol. The molecule has 0 aromatic heterocycles. The summed E-state index contributed by atoms with van der Waals surface area (Å²) in [6.07, 6.45) is -4.49. The summed E-state index contributed by atoms with van der Waals surface area (Å²) in [5, 5.41) is 0. The highest BCUT2D eigenvalue weighted by atomic mass is 19.4. The summed E-state index contributed by atoms with van der Waals surface area (Å²) in [6, 6.07) is 3.66. The third-order valence-electron chi connectivity index (χ3n) is 2.48. The third kappa shape index (κ3) is 2.89. The maximum Gasteiger partial charge on any atom is 0.416 e. The molecule has 0 heterocycles. The molecule has 1 rings (SSSR count). The standard InChI is InChI=1S/C11H14F3NO2/c1-10(2,17-15)8-5-4-7(16-3)6-9(8)11(12,13)14/h4-6H,15H2,1-3H3. The molecule has 0 aliphatic carbocycles. The maximum atomic E-state index is 12.9. The third-order valence-corrected chi connectivity index (χ3v) is 2.48. The van der Waals surface area contributed by atoms with E-state index in [1.807, 2.05) is 0 Å². The van der Waals surface area contributed by atoms with Crippen LogP contribution in [0.4, 0.5) is 13.2 Å². The average Bonchev–Trinajstić information content (AvgIpc) is 2.27. The van der Waals surface area contributed by atoms with Gasteiger partial charge < -0.3 is 4.74 Å². The Balaban J connectivity index is 3.41. The molecule has 0 atom stereocenters. The van der Waals surface area contributed by atoms with Crippen LogP contribution in [0.3, 0.4) is 0 Å². The lowest BCUT2D eigenvalue weighted by Crippen LogP contribution is -2.28. The highest BCUT2D eigenvalue weighted by molar-refractivity contribution is 5.40. The number of rotatable bonds is 3. The summed E-state index contributed by atoms with van der Waals surface area (Å²) in [5.74, 6) is 5.16. The number of nitrogens with two attached hydrogens (primary N) is 1. The maximum absolute atomic E-state index is 12.9. The lowest BCUT2D eigenvalue weighted by atomic mass is 9.92. The van der Waals surface area contributed by atoms with Crippen molar-refractivity contribution in [2.45, 2.75) is 25.6 Å². The Morgan fingerprint density at radius 2 is 1.71 bits per heavy atom. The van der Waals surface area contributed by atoms with Crippen LogP contribution in [0.15, 0.2) is 18.2 Å². The highest BCUT2D eigenvalue weighted by Gasteiger charge is 2.38. The molecule has 0 saturated heterocycles. The zero-order valence-electron chi connectivity index (χ0n) is 9.76. The van der Waals surface area contributed by atoms with E-state index in [0.29, 0.717) is 0 Å². The second-order valence-electron chi connectivity index (χ2n) is 4.04.